The number of azide groups is 1. The molecule has 2 aromatic rings. The van der Waals surface area contributed by atoms with Crippen LogP contribution in [0.5, 0.6) is 0 Å². The van der Waals surface area contributed by atoms with Crippen molar-refractivity contribution in [3.63, 3.8) is 0 Å². The summed E-state index contributed by atoms with van der Waals surface area (Å²) in [5, 5.41) is 8.27. The second-order valence-corrected chi connectivity index (χ2v) is 4.12. The van der Waals surface area contributed by atoms with E-state index >= 15 is 0 Å². The molecular weight excluding hydrogens is 248 g/mol. The second kappa shape index (κ2) is 4.95. The van der Waals surface area contributed by atoms with E-state index in [2.05, 4.69) is 24.8 Å². The smallest absolute Gasteiger partial charge is 0.339 e. The van der Waals surface area contributed by atoms with Gasteiger partial charge in [0.2, 0.25) is 0 Å². The van der Waals surface area contributed by atoms with Crippen LogP contribution in [0.2, 0.25) is 0 Å². The van der Waals surface area contributed by atoms with Gasteiger partial charge < -0.3 is 4.74 Å². The minimum atomic E-state index is -0.603. The molecule has 0 aromatic carbocycles. The van der Waals surface area contributed by atoms with Crippen LogP contribution in [0, 0.1) is 0 Å². The fourth-order valence-electron chi connectivity index (χ4n) is 1.77. The van der Waals surface area contributed by atoms with Crippen LogP contribution in [0.4, 0.5) is 5.69 Å². The lowest BCUT2D eigenvalue weighted by Crippen LogP contribution is -2.05. The monoisotopic (exact) mass is 260 g/mol. The summed E-state index contributed by atoms with van der Waals surface area (Å²) in [6.45, 7) is 3.91. The van der Waals surface area contributed by atoms with E-state index in [1.807, 2.05) is 13.8 Å². The van der Waals surface area contributed by atoms with Gasteiger partial charge in [-0.3, -0.25) is 0 Å². The van der Waals surface area contributed by atoms with Crippen molar-refractivity contribution in [2.75, 3.05) is 7.11 Å². The number of pyridine rings is 1. The fourth-order valence-corrected chi connectivity index (χ4v) is 1.77. The number of carbonyl (C=O) groups excluding carboxylic acids is 1. The number of methoxy groups -OCH3 is 1. The van der Waals surface area contributed by atoms with E-state index in [-0.39, 0.29) is 17.3 Å². The standard InChI is InChI=1S/C11H12N6O2/c1-6(2)17-10-7(5-14-17)9(15-16-12)8(4-13-10)11(18)19-3/h4-6H,1-3H3. The lowest BCUT2D eigenvalue weighted by Gasteiger charge is -2.07. The minimum Gasteiger partial charge on any atom is -0.465 e. The normalized spacial score (nSPS) is 10.5. The topological polar surface area (TPSA) is 106 Å². The van der Waals surface area contributed by atoms with Gasteiger partial charge in [0, 0.05) is 22.5 Å². The van der Waals surface area contributed by atoms with Crippen molar-refractivity contribution in [1.29, 1.82) is 0 Å². The zero-order chi connectivity index (χ0) is 14.0. The number of nitrogens with zero attached hydrogens (tertiary/aromatic N) is 6. The van der Waals surface area contributed by atoms with Crippen LogP contribution < -0.4 is 0 Å². The van der Waals surface area contributed by atoms with E-state index in [4.69, 9.17) is 5.53 Å². The van der Waals surface area contributed by atoms with Gasteiger partial charge in [-0.25, -0.2) is 14.5 Å². The van der Waals surface area contributed by atoms with E-state index in [1.54, 1.807) is 4.68 Å². The molecule has 2 aromatic heterocycles. The van der Waals surface area contributed by atoms with Gasteiger partial charge in [0.15, 0.2) is 5.65 Å². The molecule has 0 fully saturated rings. The summed E-state index contributed by atoms with van der Waals surface area (Å²) in [7, 11) is 1.25. The molecule has 0 aliphatic rings. The quantitative estimate of drug-likeness (QED) is 0.366. The van der Waals surface area contributed by atoms with Gasteiger partial charge in [0.25, 0.3) is 0 Å². The molecule has 2 rings (SSSR count). The number of rotatable bonds is 3. The Bertz CT molecular complexity index is 684. The second-order valence-electron chi connectivity index (χ2n) is 4.12. The summed E-state index contributed by atoms with van der Waals surface area (Å²) in [6, 6.07) is 0.105. The molecular formula is C11H12N6O2. The number of aromatic nitrogens is 3. The lowest BCUT2D eigenvalue weighted by atomic mass is 10.2. The Morgan fingerprint density at radius 1 is 1.53 bits per heavy atom. The molecule has 0 N–H and O–H groups in total. The van der Waals surface area contributed by atoms with Crippen LogP contribution in [-0.4, -0.2) is 27.8 Å². The van der Waals surface area contributed by atoms with Crippen molar-refractivity contribution < 1.29 is 9.53 Å². The molecule has 0 atom stereocenters. The van der Waals surface area contributed by atoms with Crippen LogP contribution >= 0.6 is 0 Å². The molecule has 0 saturated carbocycles. The van der Waals surface area contributed by atoms with Crippen LogP contribution in [-0.2, 0) is 4.74 Å². The van der Waals surface area contributed by atoms with E-state index in [0.717, 1.165) is 0 Å². The molecule has 2 heterocycles. The molecule has 0 radical (unpaired) electrons. The molecule has 0 bridgehead atoms. The highest BCUT2D eigenvalue weighted by Gasteiger charge is 2.18. The predicted molar refractivity (Wildman–Crippen MR) is 68.1 cm³/mol. The lowest BCUT2D eigenvalue weighted by molar-refractivity contribution is 0.0601. The Balaban J connectivity index is 2.78. The largest absolute Gasteiger partial charge is 0.465 e. The van der Waals surface area contributed by atoms with Crippen molar-refractivity contribution in [2.45, 2.75) is 19.9 Å². The Labute approximate surface area is 108 Å². The SMILES string of the molecule is COC(=O)c1cnc2c(cnn2C(C)C)c1N=[N+]=[N-]. The zero-order valence-corrected chi connectivity index (χ0v) is 10.7. The first kappa shape index (κ1) is 12.8. The molecule has 0 amide bonds. The molecule has 0 saturated heterocycles. The van der Waals surface area contributed by atoms with Crippen molar-refractivity contribution in [1.82, 2.24) is 14.8 Å². The predicted octanol–water partition coefficient (Wildman–Crippen LogP) is 2.74. The first-order valence-corrected chi connectivity index (χ1v) is 5.59. The zero-order valence-electron chi connectivity index (χ0n) is 10.7. The third kappa shape index (κ3) is 2.09. The molecule has 0 aliphatic heterocycles. The van der Waals surface area contributed by atoms with E-state index in [1.165, 1.54) is 19.5 Å². The highest BCUT2D eigenvalue weighted by molar-refractivity contribution is 6.02. The summed E-state index contributed by atoms with van der Waals surface area (Å²) in [4.78, 5) is 18.6. The summed E-state index contributed by atoms with van der Waals surface area (Å²) >= 11 is 0. The van der Waals surface area contributed by atoms with Gasteiger partial charge in [-0.2, -0.15) is 5.10 Å². The van der Waals surface area contributed by atoms with Crippen LogP contribution in [0.25, 0.3) is 21.5 Å². The van der Waals surface area contributed by atoms with Gasteiger partial charge in [0.05, 0.1) is 24.6 Å². The highest BCUT2D eigenvalue weighted by Crippen LogP contribution is 2.30. The van der Waals surface area contributed by atoms with E-state index in [9.17, 15) is 4.79 Å². The van der Waals surface area contributed by atoms with Gasteiger partial charge in [0.1, 0.15) is 0 Å². The Morgan fingerprint density at radius 3 is 2.84 bits per heavy atom. The van der Waals surface area contributed by atoms with Gasteiger partial charge in [-0.1, -0.05) is 5.11 Å². The van der Waals surface area contributed by atoms with Crippen molar-refractivity contribution >= 4 is 22.7 Å². The molecule has 98 valence electrons. The number of carbonyl (C=O) groups is 1. The third-order valence-electron chi connectivity index (χ3n) is 2.63. The maximum atomic E-state index is 11.6. The minimum absolute atomic E-state index is 0.105. The molecule has 0 aliphatic carbocycles. The van der Waals surface area contributed by atoms with E-state index < -0.39 is 5.97 Å². The van der Waals surface area contributed by atoms with Gasteiger partial charge in [-0.15, -0.1) is 0 Å². The van der Waals surface area contributed by atoms with Crippen molar-refractivity contribution in [3.8, 4) is 0 Å². The molecule has 8 nitrogen and oxygen atoms in total. The average Bonchev–Trinajstić information content (AvgIpc) is 2.82. The number of ether oxygens (including phenoxy) is 1. The van der Waals surface area contributed by atoms with Crippen LogP contribution in [0.3, 0.4) is 0 Å². The fraction of sp³-hybridized carbons (Fsp3) is 0.364. The van der Waals surface area contributed by atoms with Crippen LogP contribution in [0.15, 0.2) is 17.5 Å². The number of hydrogen-bond donors (Lipinski definition) is 0. The number of fused-ring (bicyclic) bond motifs is 1. The van der Waals surface area contributed by atoms with Crippen LogP contribution in [0.1, 0.15) is 30.2 Å². The van der Waals surface area contributed by atoms with Crippen molar-refractivity contribution in [3.05, 3.63) is 28.4 Å². The maximum absolute atomic E-state index is 11.6. The first-order chi connectivity index (χ1) is 9.10. The Morgan fingerprint density at radius 2 is 2.26 bits per heavy atom. The Hall–Kier alpha value is -2.60. The average molecular weight is 260 g/mol. The van der Waals surface area contributed by atoms with Crippen molar-refractivity contribution in [2.24, 2.45) is 5.11 Å². The summed E-state index contributed by atoms with van der Waals surface area (Å²) in [5.41, 5.74) is 9.50. The maximum Gasteiger partial charge on any atom is 0.339 e. The first-order valence-electron chi connectivity index (χ1n) is 5.59. The third-order valence-corrected chi connectivity index (χ3v) is 2.63. The summed E-state index contributed by atoms with van der Waals surface area (Å²) in [6.07, 6.45) is 2.86. The molecule has 0 unspecified atom stereocenters. The summed E-state index contributed by atoms with van der Waals surface area (Å²) < 4.78 is 6.32. The molecule has 19 heavy (non-hydrogen) atoms. The number of esters is 1. The number of hydrogen-bond acceptors (Lipinski definition) is 5. The summed E-state index contributed by atoms with van der Waals surface area (Å²) in [5.74, 6) is -0.603. The molecule has 0 spiro atoms. The highest BCUT2D eigenvalue weighted by atomic mass is 16.5. The van der Waals surface area contributed by atoms with E-state index in [0.29, 0.717) is 11.0 Å². The van der Waals surface area contributed by atoms with Gasteiger partial charge in [-0.05, 0) is 19.4 Å². The van der Waals surface area contributed by atoms with Gasteiger partial charge >= 0.3 is 5.97 Å². The molecule has 8 heteroatoms. The Kier molecular flexibility index (Phi) is 3.35.